The lowest BCUT2D eigenvalue weighted by molar-refractivity contribution is -0.134. The molecule has 0 radical (unpaired) electrons. The fraction of sp³-hybridized carbons (Fsp3) is 0.397. The third-order valence-electron chi connectivity index (χ3n) is 15.8. The fourth-order valence-electron chi connectivity index (χ4n) is 11.8. The number of aromatic nitrogens is 4. The predicted molar refractivity (Wildman–Crippen MR) is 289 cm³/mol. The maximum Gasteiger partial charge on any atom is 0.355 e. The molecular weight excluding hydrogens is 951 g/mol. The molecule has 3 fully saturated rings. The maximum atomic E-state index is 13.6. The molecule has 1 saturated carbocycles. The van der Waals surface area contributed by atoms with Crippen LogP contribution in [0.4, 0.5) is 16.6 Å². The molecule has 1 aliphatic carbocycles. The first-order chi connectivity index (χ1) is 35.9. The Kier molecular flexibility index (Phi) is 13.9. The smallest absolute Gasteiger partial charge is 0.355 e. The Morgan fingerprint density at radius 1 is 0.865 bits per heavy atom. The Bertz CT molecular complexity index is 3250. The van der Waals surface area contributed by atoms with E-state index in [0.717, 1.165) is 113 Å². The van der Waals surface area contributed by atoms with Crippen molar-refractivity contribution < 1.29 is 29.0 Å². The average Bonchev–Trinajstić information content (AvgIpc) is 3.97. The number of fused-ring (bicyclic) bond motifs is 3. The molecule has 382 valence electrons. The first-order valence-corrected chi connectivity index (χ1v) is 27.0. The van der Waals surface area contributed by atoms with Gasteiger partial charge in [-0.05, 0) is 147 Å². The van der Waals surface area contributed by atoms with Crippen molar-refractivity contribution in [1.29, 1.82) is 0 Å². The van der Waals surface area contributed by atoms with Gasteiger partial charge in [-0.15, -0.1) is 0 Å². The van der Waals surface area contributed by atoms with Gasteiger partial charge in [0, 0.05) is 81.5 Å². The van der Waals surface area contributed by atoms with Crippen molar-refractivity contribution in [1.82, 2.24) is 30.0 Å². The number of hydrogen-bond donors (Lipinski definition) is 3. The number of pyridine rings is 1. The number of carbonyl (C=O) groups excluding carboxylic acids is 3. The van der Waals surface area contributed by atoms with Crippen LogP contribution in [0, 0.1) is 18.8 Å². The molecule has 3 aliphatic heterocycles. The maximum absolute atomic E-state index is 13.6. The number of thiazole rings is 1. The highest BCUT2D eigenvalue weighted by molar-refractivity contribution is 7.22. The van der Waals surface area contributed by atoms with Gasteiger partial charge in [0.25, 0.3) is 5.91 Å². The number of piperidine rings is 1. The van der Waals surface area contributed by atoms with Gasteiger partial charge in [0.05, 0.1) is 33.4 Å². The van der Waals surface area contributed by atoms with E-state index in [1.54, 1.807) is 0 Å². The predicted octanol–water partition coefficient (Wildman–Crippen LogP) is 9.76. The topological polar surface area (TPSA) is 175 Å². The summed E-state index contributed by atoms with van der Waals surface area (Å²) in [6.07, 6.45) is 8.49. The summed E-state index contributed by atoms with van der Waals surface area (Å²) in [6, 6.07) is 29.7. The number of carboxylic acid groups (broad SMARTS) is 1. The number of ether oxygens (including phenoxy) is 1. The van der Waals surface area contributed by atoms with E-state index in [1.807, 2.05) is 96.3 Å². The number of imide groups is 1. The summed E-state index contributed by atoms with van der Waals surface area (Å²) in [4.78, 5) is 67.2. The van der Waals surface area contributed by atoms with Gasteiger partial charge in [-0.25, -0.2) is 14.8 Å². The number of benzene rings is 4. The summed E-state index contributed by atoms with van der Waals surface area (Å²) < 4.78 is 9.43. The minimum atomic E-state index is -1.10. The van der Waals surface area contributed by atoms with Crippen LogP contribution in [0.3, 0.4) is 0 Å². The second-order valence-electron chi connectivity index (χ2n) is 20.8. The number of nitrogens with one attached hydrogen (secondary N) is 2. The van der Waals surface area contributed by atoms with Crippen LogP contribution in [0.15, 0.2) is 91.0 Å². The first-order valence-electron chi connectivity index (χ1n) is 26.2. The zero-order valence-electron chi connectivity index (χ0n) is 42.3. The van der Waals surface area contributed by atoms with E-state index in [1.165, 1.54) is 29.9 Å². The highest BCUT2D eigenvalue weighted by Crippen LogP contribution is 2.37. The van der Waals surface area contributed by atoms with Crippen molar-refractivity contribution >= 4 is 72.8 Å². The molecule has 6 heterocycles. The second kappa shape index (κ2) is 21.0. The van der Waals surface area contributed by atoms with Crippen molar-refractivity contribution in [3.63, 3.8) is 0 Å². The van der Waals surface area contributed by atoms with E-state index < -0.39 is 11.9 Å². The van der Waals surface area contributed by atoms with E-state index in [4.69, 9.17) is 14.8 Å². The van der Waals surface area contributed by atoms with Crippen LogP contribution in [-0.4, -0.2) is 98.8 Å². The Morgan fingerprint density at radius 2 is 1.68 bits per heavy atom. The summed E-state index contributed by atoms with van der Waals surface area (Å²) in [5.74, 6) is 0.484. The zero-order valence-corrected chi connectivity index (χ0v) is 43.1. The number of rotatable bonds is 14. The van der Waals surface area contributed by atoms with Crippen molar-refractivity contribution in [2.24, 2.45) is 18.9 Å². The molecule has 74 heavy (non-hydrogen) atoms. The number of aryl methyl sites for hydroxylation is 2. The standard InChI is InChI=1S/C58H63N9O6S/c1-35(33-65-27-29-66(30-28-65)39-15-19-45-49(32-39)64(3)63-53(45)46-22-24-52(68)61-56(46)70)11-12-37-13-16-40(17-14-37)73-41-18-20-42(36(2)31-41)43-21-23-51(60-54(43)57(71)72)67-26-25-38-7-6-8-44(47(38)34-67)55(69)62-58-59-48-9-4-5-10-50(48)74-58/h4-10,15,18-21,23,31-32,35,37,40,46H,11-14,16-17,22,24-30,33-34H2,1-3H3,(H,71,72)(H,59,62,69)(H,61,68,70). The Labute approximate surface area is 434 Å². The van der Waals surface area contributed by atoms with E-state index >= 15 is 0 Å². The molecule has 4 aliphatic rings. The van der Waals surface area contributed by atoms with Gasteiger partial charge in [0.1, 0.15) is 11.6 Å². The highest BCUT2D eigenvalue weighted by Gasteiger charge is 2.33. The number of amides is 3. The van der Waals surface area contributed by atoms with Crippen molar-refractivity contribution in [3.8, 4) is 16.9 Å². The van der Waals surface area contributed by atoms with Crippen molar-refractivity contribution in [3.05, 3.63) is 125 Å². The van der Waals surface area contributed by atoms with Crippen LogP contribution in [-0.2, 0) is 29.6 Å². The van der Waals surface area contributed by atoms with Crippen LogP contribution >= 0.6 is 11.3 Å². The Hall–Kier alpha value is -7.17. The van der Waals surface area contributed by atoms with Crippen LogP contribution in [0.25, 0.3) is 32.2 Å². The lowest BCUT2D eigenvalue weighted by Gasteiger charge is -2.37. The number of carboxylic acids is 1. The van der Waals surface area contributed by atoms with Crippen LogP contribution in [0.5, 0.6) is 5.75 Å². The second-order valence-corrected chi connectivity index (χ2v) is 21.9. The summed E-state index contributed by atoms with van der Waals surface area (Å²) >= 11 is 1.44. The molecule has 11 rings (SSSR count). The lowest BCUT2D eigenvalue weighted by atomic mass is 9.83. The Morgan fingerprint density at radius 3 is 2.46 bits per heavy atom. The normalized spacial score (nSPS) is 19.9. The molecule has 4 aromatic carbocycles. The van der Waals surface area contributed by atoms with Gasteiger partial charge in [0.2, 0.25) is 11.8 Å². The van der Waals surface area contributed by atoms with Crippen molar-refractivity contribution in [2.75, 3.05) is 54.4 Å². The molecule has 7 aromatic rings. The SMILES string of the molecule is Cc1cc(OC2CCC(CCC(C)CN3CCN(c4ccc5c(C6CCC(=O)NC6=O)nn(C)c5c4)CC3)CC2)ccc1-c1ccc(N2CCc3cccc(C(=O)Nc4nc5ccccc5s4)c3C2)nc1C(=O)O. The molecule has 16 heteroatoms. The van der Waals surface area contributed by atoms with Crippen LogP contribution in [0.1, 0.15) is 107 Å². The minimum absolute atomic E-state index is 0.0112. The third-order valence-corrected chi connectivity index (χ3v) is 16.8. The minimum Gasteiger partial charge on any atom is -0.490 e. The Balaban J connectivity index is 0.642. The molecule has 0 bridgehead atoms. The van der Waals surface area contributed by atoms with E-state index in [-0.39, 0.29) is 29.5 Å². The summed E-state index contributed by atoms with van der Waals surface area (Å²) in [7, 11) is 1.92. The van der Waals surface area contributed by atoms with Gasteiger partial charge < -0.3 is 19.6 Å². The third kappa shape index (κ3) is 10.3. The van der Waals surface area contributed by atoms with Crippen LogP contribution < -0.4 is 25.2 Å². The molecule has 3 aromatic heterocycles. The first kappa shape index (κ1) is 49.1. The van der Waals surface area contributed by atoms with Crippen LogP contribution in [0.2, 0.25) is 0 Å². The largest absolute Gasteiger partial charge is 0.490 e. The van der Waals surface area contributed by atoms with E-state index in [0.29, 0.717) is 66.3 Å². The van der Waals surface area contributed by atoms with Gasteiger partial charge in [-0.3, -0.25) is 34.6 Å². The van der Waals surface area contributed by atoms with Gasteiger partial charge in [-0.1, -0.05) is 55.0 Å². The summed E-state index contributed by atoms with van der Waals surface area (Å²) in [6.45, 7) is 10.5. The monoisotopic (exact) mass is 1010 g/mol. The number of aromatic carboxylic acids is 1. The van der Waals surface area contributed by atoms with Gasteiger partial charge in [-0.2, -0.15) is 5.10 Å². The number of para-hydroxylation sites is 1. The summed E-state index contributed by atoms with van der Waals surface area (Å²) in [5.41, 5.74) is 8.59. The van der Waals surface area contributed by atoms with Gasteiger partial charge >= 0.3 is 5.97 Å². The number of hydrogen-bond acceptors (Lipinski definition) is 12. The van der Waals surface area contributed by atoms with E-state index in [2.05, 4.69) is 50.5 Å². The average molecular weight is 1010 g/mol. The molecule has 2 atom stereocenters. The molecule has 2 saturated heterocycles. The molecule has 3 N–H and O–H groups in total. The number of piperazine rings is 1. The molecule has 15 nitrogen and oxygen atoms in total. The summed E-state index contributed by atoms with van der Waals surface area (Å²) in [5, 5.41) is 22.2. The molecule has 2 unspecified atom stereocenters. The quantitative estimate of drug-likeness (QED) is 0.0882. The lowest BCUT2D eigenvalue weighted by Crippen LogP contribution is -2.47. The van der Waals surface area contributed by atoms with Crippen molar-refractivity contribution in [2.45, 2.75) is 90.2 Å². The highest BCUT2D eigenvalue weighted by atomic mass is 32.1. The molecule has 0 spiro atoms. The fourth-order valence-corrected chi connectivity index (χ4v) is 12.6. The molecular formula is C58H63N9O6S. The van der Waals surface area contributed by atoms with Gasteiger partial charge in [0.15, 0.2) is 10.8 Å². The molecule has 3 amide bonds. The number of nitrogens with zero attached hydrogens (tertiary/aromatic N) is 7. The van der Waals surface area contributed by atoms with E-state index in [9.17, 15) is 24.3 Å². The zero-order chi connectivity index (χ0) is 51.0. The number of anilines is 3. The number of carbonyl (C=O) groups is 4.